The molecule has 33 heavy (non-hydrogen) atoms. The first-order valence-electron chi connectivity index (χ1n) is 11.8. The van der Waals surface area contributed by atoms with E-state index < -0.39 is 0 Å². The second-order valence-electron chi connectivity index (χ2n) is 9.58. The largest absolute Gasteiger partial charge is 0.496 e. The number of carbonyl (C=O) groups is 2. The number of rotatable bonds is 7. The molecule has 0 spiro atoms. The number of hydrogen-bond donors (Lipinski definition) is 2. The molecule has 7 nitrogen and oxygen atoms in total. The highest BCUT2D eigenvalue weighted by molar-refractivity contribution is 5.96. The summed E-state index contributed by atoms with van der Waals surface area (Å²) in [6.45, 7) is 6.71. The van der Waals surface area contributed by atoms with Crippen LogP contribution >= 0.6 is 0 Å². The number of nitrogens with zero attached hydrogens (tertiary/aromatic N) is 2. The molecule has 1 aromatic heterocycles. The molecule has 2 bridgehead atoms. The van der Waals surface area contributed by atoms with Crippen LogP contribution < -0.4 is 20.3 Å². The van der Waals surface area contributed by atoms with E-state index in [0.29, 0.717) is 35.7 Å². The van der Waals surface area contributed by atoms with Gasteiger partial charge in [0.1, 0.15) is 11.6 Å². The standard InChI is InChI=1S/C26H34N4O3/c1-16(2)14-28-25(31)18-8-11-24(27-15-18)30-20-9-10-21(30)13-19(12-20)29-26(32)22-6-5-7-23(33-4)17(22)3/h5-8,11,15-16,19-21H,9-10,12-14H2,1-4H3,(H,28,31)(H,29,32)/t19-,20+,21-. The topological polar surface area (TPSA) is 83.6 Å². The molecule has 1 aromatic carbocycles. The monoisotopic (exact) mass is 450 g/mol. The minimum atomic E-state index is -0.0834. The lowest BCUT2D eigenvalue weighted by Crippen LogP contribution is -2.50. The molecule has 0 aliphatic carbocycles. The maximum atomic E-state index is 13.0. The summed E-state index contributed by atoms with van der Waals surface area (Å²) < 4.78 is 5.36. The zero-order valence-corrected chi connectivity index (χ0v) is 19.9. The summed E-state index contributed by atoms with van der Waals surface area (Å²) in [6.07, 6.45) is 5.64. The second kappa shape index (κ2) is 9.81. The Bertz CT molecular complexity index is 991. The molecule has 2 amide bonds. The van der Waals surface area contributed by atoms with Crippen LogP contribution in [-0.4, -0.2) is 48.6 Å². The molecule has 3 heterocycles. The van der Waals surface area contributed by atoms with Crippen LogP contribution in [0.15, 0.2) is 36.5 Å². The van der Waals surface area contributed by atoms with E-state index in [1.165, 1.54) is 0 Å². The molecule has 2 fully saturated rings. The van der Waals surface area contributed by atoms with E-state index in [1.807, 2.05) is 37.3 Å². The third kappa shape index (κ3) is 4.97. The van der Waals surface area contributed by atoms with Crippen molar-refractivity contribution >= 4 is 17.6 Å². The van der Waals surface area contributed by atoms with Gasteiger partial charge in [-0.15, -0.1) is 0 Å². The van der Waals surface area contributed by atoms with E-state index in [0.717, 1.165) is 42.8 Å². The number of carbonyl (C=O) groups excluding carboxylic acids is 2. The van der Waals surface area contributed by atoms with Crippen LogP contribution in [0.5, 0.6) is 5.75 Å². The number of aromatic nitrogens is 1. The molecular weight excluding hydrogens is 416 g/mol. The number of anilines is 1. The summed E-state index contributed by atoms with van der Waals surface area (Å²) in [7, 11) is 1.62. The number of amides is 2. The molecule has 2 saturated heterocycles. The van der Waals surface area contributed by atoms with Crippen molar-refractivity contribution in [3.05, 3.63) is 53.2 Å². The highest BCUT2D eigenvalue weighted by atomic mass is 16.5. The van der Waals surface area contributed by atoms with E-state index >= 15 is 0 Å². The average Bonchev–Trinajstić information content (AvgIpc) is 3.07. The third-order valence-electron chi connectivity index (χ3n) is 6.76. The van der Waals surface area contributed by atoms with Gasteiger partial charge in [0.25, 0.3) is 11.8 Å². The summed E-state index contributed by atoms with van der Waals surface area (Å²) in [5.74, 6) is 1.92. The van der Waals surface area contributed by atoms with E-state index in [1.54, 1.807) is 13.3 Å². The maximum absolute atomic E-state index is 13.0. The van der Waals surface area contributed by atoms with Crippen molar-refractivity contribution in [2.75, 3.05) is 18.6 Å². The van der Waals surface area contributed by atoms with Crippen LogP contribution in [0.25, 0.3) is 0 Å². The van der Waals surface area contributed by atoms with Crippen molar-refractivity contribution in [3.63, 3.8) is 0 Å². The summed E-state index contributed by atoms with van der Waals surface area (Å²) in [5, 5.41) is 6.19. The molecule has 0 saturated carbocycles. The first-order chi connectivity index (χ1) is 15.9. The van der Waals surface area contributed by atoms with Crippen LogP contribution in [-0.2, 0) is 0 Å². The van der Waals surface area contributed by atoms with Crippen LogP contribution in [0.4, 0.5) is 5.82 Å². The van der Waals surface area contributed by atoms with Gasteiger partial charge in [0.2, 0.25) is 0 Å². The maximum Gasteiger partial charge on any atom is 0.252 e. The first kappa shape index (κ1) is 23.1. The number of nitrogens with one attached hydrogen (secondary N) is 2. The SMILES string of the molecule is COc1cccc(C(=O)N[C@H]2C[C@H]3CC[C@@H](C2)N3c2ccc(C(=O)NCC(C)C)cn2)c1C. The van der Waals surface area contributed by atoms with Crippen molar-refractivity contribution in [2.24, 2.45) is 5.92 Å². The van der Waals surface area contributed by atoms with Gasteiger partial charge in [0.05, 0.1) is 12.7 Å². The van der Waals surface area contributed by atoms with Crippen molar-refractivity contribution in [2.45, 2.75) is 64.6 Å². The summed E-state index contributed by atoms with van der Waals surface area (Å²) in [4.78, 5) is 32.2. The molecule has 0 unspecified atom stereocenters. The van der Waals surface area contributed by atoms with E-state index in [2.05, 4.69) is 34.4 Å². The number of pyridine rings is 1. The van der Waals surface area contributed by atoms with Gasteiger partial charge in [-0.3, -0.25) is 9.59 Å². The third-order valence-corrected chi connectivity index (χ3v) is 6.76. The van der Waals surface area contributed by atoms with Gasteiger partial charge in [0.15, 0.2) is 0 Å². The fourth-order valence-electron chi connectivity index (χ4n) is 5.09. The Morgan fingerprint density at radius 3 is 2.45 bits per heavy atom. The summed E-state index contributed by atoms with van der Waals surface area (Å²) in [5.41, 5.74) is 2.11. The number of piperidine rings is 1. The Morgan fingerprint density at radius 1 is 1.12 bits per heavy atom. The number of hydrogen-bond acceptors (Lipinski definition) is 5. The summed E-state index contributed by atoms with van der Waals surface area (Å²) >= 11 is 0. The predicted octanol–water partition coefficient (Wildman–Crippen LogP) is 3.71. The Kier molecular flexibility index (Phi) is 6.86. The zero-order chi connectivity index (χ0) is 23.5. The van der Waals surface area contributed by atoms with E-state index in [4.69, 9.17) is 4.74 Å². The molecule has 4 rings (SSSR count). The smallest absolute Gasteiger partial charge is 0.252 e. The average molecular weight is 451 g/mol. The van der Waals surface area contributed by atoms with Gasteiger partial charge < -0.3 is 20.3 Å². The van der Waals surface area contributed by atoms with Crippen molar-refractivity contribution in [1.29, 1.82) is 0 Å². The normalized spacial score (nSPS) is 21.7. The number of methoxy groups -OCH3 is 1. The highest BCUT2D eigenvalue weighted by Gasteiger charge is 2.41. The fourth-order valence-corrected chi connectivity index (χ4v) is 5.09. The van der Waals surface area contributed by atoms with Crippen LogP contribution in [0.1, 0.15) is 65.8 Å². The molecule has 3 atom stereocenters. The molecule has 2 N–H and O–H groups in total. The van der Waals surface area contributed by atoms with Crippen molar-refractivity contribution in [1.82, 2.24) is 15.6 Å². The molecule has 2 aromatic rings. The predicted molar refractivity (Wildman–Crippen MR) is 129 cm³/mol. The van der Waals surface area contributed by atoms with Gasteiger partial charge in [-0.25, -0.2) is 4.98 Å². The second-order valence-corrected chi connectivity index (χ2v) is 9.58. The van der Waals surface area contributed by atoms with Crippen molar-refractivity contribution < 1.29 is 14.3 Å². The van der Waals surface area contributed by atoms with Gasteiger partial charge in [0, 0.05) is 42.0 Å². The van der Waals surface area contributed by atoms with Gasteiger partial charge in [-0.2, -0.15) is 0 Å². The van der Waals surface area contributed by atoms with Crippen LogP contribution in [0, 0.1) is 12.8 Å². The lowest BCUT2D eigenvalue weighted by molar-refractivity contribution is 0.0923. The Balaban J connectivity index is 1.39. The van der Waals surface area contributed by atoms with E-state index in [9.17, 15) is 9.59 Å². The van der Waals surface area contributed by atoms with E-state index in [-0.39, 0.29) is 17.9 Å². The van der Waals surface area contributed by atoms with Gasteiger partial charge in [-0.1, -0.05) is 19.9 Å². The van der Waals surface area contributed by atoms with Crippen LogP contribution in [0.3, 0.4) is 0 Å². The minimum absolute atomic E-state index is 0.0425. The Morgan fingerprint density at radius 2 is 1.85 bits per heavy atom. The number of benzene rings is 1. The lowest BCUT2D eigenvalue weighted by Gasteiger charge is -2.40. The minimum Gasteiger partial charge on any atom is -0.496 e. The number of ether oxygens (including phenoxy) is 1. The molecular formula is C26H34N4O3. The molecule has 2 aliphatic rings. The van der Waals surface area contributed by atoms with Crippen molar-refractivity contribution in [3.8, 4) is 5.75 Å². The fraction of sp³-hybridized carbons (Fsp3) is 0.500. The first-order valence-corrected chi connectivity index (χ1v) is 11.8. The molecule has 7 heteroatoms. The zero-order valence-electron chi connectivity index (χ0n) is 19.9. The highest BCUT2D eigenvalue weighted by Crippen LogP contribution is 2.38. The van der Waals surface area contributed by atoms with Gasteiger partial charge >= 0.3 is 0 Å². The molecule has 176 valence electrons. The summed E-state index contributed by atoms with van der Waals surface area (Å²) in [6, 6.07) is 10.2. The molecule has 2 aliphatic heterocycles. The Labute approximate surface area is 195 Å². The quantitative estimate of drug-likeness (QED) is 0.672. The lowest BCUT2D eigenvalue weighted by atomic mass is 9.96. The number of fused-ring (bicyclic) bond motifs is 2. The molecule has 0 radical (unpaired) electrons. The Hall–Kier alpha value is -3.09. The van der Waals surface area contributed by atoms with Crippen LogP contribution in [0.2, 0.25) is 0 Å². The van der Waals surface area contributed by atoms with Gasteiger partial charge in [-0.05, 0) is 62.8 Å².